The van der Waals surface area contributed by atoms with Crippen LogP contribution in [0.2, 0.25) is 0 Å². The van der Waals surface area contributed by atoms with Gasteiger partial charge in [0.15, 0.2) is 0 Å². The molecule has 2 N–H and O–H groups in total. The minimum absolute atomic E-state index is 0.508. The average Bonchev–Trinajstić information content (AvgIpc) is 2.38. The summed E-state index contributed by atoms with van der Waals surface area (Å²) >= 11 is 4.87. The van der Waals surface area contributed by atoms with Crippen molar-refractivity contribution in [1.29, 1.82) is 0 Å². The van der Waals surface area contributed by atoms with Gasteiger partial charge in [0.05, 0.1) is 11.6 Å². The molecule has 0 aliphatic rings. The number of thiocarbonyl (C=S) groups is 1. The second-order valence-corrected chi connectivity index (χ2v) is 4.96. The molecule has 0 heterocycles. The summed E-state index contributed by atoms with van der Waals surface area (Å²) in [5.74, 6) is 0.867. The van der Waals surface area contributed by atoms with E-state index >= 15 is 0 Å². The lowest BCUT2D eigenvalue weighted by atomic mass is 10.1. The van der Waals surface area contributed by atoms with E-state index in [1.165, 1.54) is 0 Å². The Kier molecular flexibility index (Phi) is 7.40. The van der Waals surface area contributed by atoms with Crippen molar-refractivity contribution in [3.8, 4) is 5.75 Å². The smallest absolute Gasteiger partial charge is 0.119 e. The Balaban J connectivity index is 2.27. The summed E-state index contributed by atoms with van der Waals surface area (Å²) in [5.41, 5.74) is 6.61. The lowest BCUT2D eigenvalue weighted by Crippen LogP contribution is -2.27. The summed E-state index contributed by atoms with van der Waals surface area (Å²) in [6, 6.07) is 7.87. The second-order valence-electron chi connectivity index (χ2n) is 4.43. The quantitative estimate of drug-likeness (QED) is 0.695. The minimum Gasteiger partial charge on any atom is -0.492 e. The predicted molar refractivity (Wildman–Crippen MR) is 81.8 cm³/mol. The van der Waals surface area contributed by atoms with E-state index in [0.29, 0.717) is 18.0 Å². The molecular weight excluding hydrogens is 260 g/mol. The van der Waals surface area contributed by atoms with Gasteiger partial charge in [-0.3, -0.25) is 0 Å². The molecule has 0 bridgehead atoms. The molecule has 0 aliphatic carbocycles. The summed E-state index contributed by atoms with van der Waals surface area (Å²) in [7, 11) is 3.76. The summed E-state index contributed by atoms with van der Waals surface area (Å²) in [6.45, 7) is 3.18. The van der Waals surface area contributed by atoms with Crippen LogP contribution in [0.1, 0.15) is 5.56 Å². The Bertz CT molecular complexity index is 382. The summed E-state index contributed by atoms with van der Waals surface area (Å²) < 4.78 is 10.7. The molecule has 0 spiro atoms. The molecule has 0 atom stereocenters. The first-order valence-electron chi connectivity index (χ1n) is 6.29. The Hall–Kier alpha value is -1.17. The summed E-state index contributed by atoms with van der Waals surface area (Å²) in [5, 5.41) is 0. The molecule has 0 aliphatic heterocycles. The van der Waals surface area contributed by atoms with Crippen molar-refractivity contribution < 1.29 is 9.47 Å². The van der Waals surface area contributed by atoms with E-state index in [2.05, 4.69) is 4.90 Å². The lowest BCUT2D eigenvalue weighted by Gasteiger charge is -2.16. The highest BCUT2D eigenvalue weighted by molar-refractivity contribution is 7.80. The van der Waals surface area contributed by atoms with Gasteiger partial charge >= 0.3 is 0 Å². The van der Waals surface area contributed by atoms with Crippen LogP contribution in [0.4, 0.5) is 0 Å². The van der Waals surface area contributed by atoms with Gasteiger partial charge in [0.2, 0.25) is 0 Å². The fraction of sp³-hybridized carbons (Fsp3) is 0.500. The van der Waals surface area contributed by atoms with Crippen LogP contribution in [0, 0.1) is 0 Å². The number of methoxy groups -OCH3 is 1. The second kappa shape index (κ2) is 8.85. The number of nitrogens with zero attached hydrogens (tertiary/aromatic N) is 1. The molecule has 0 radical (unpaired) electrons. The predicted octanol–water partition coefficient (Wildman–Crippen LogP) is 1.47. The number of hydrogen-bond donors (Lipinski definition) is 1. The van der Waals surface area contributed by atoms with Crippen LogP contribution >= 0.6 is 12.2 Å². The van der Waals surface area contributed by atoms with Gasteiger partial charge < -0.3 is 20.1 Å². The van der Waals surface area contributed by atoms with E-state index in [9.17, 15) is 0 Å². The van der Waals surface area contributed by atoms with E-state index in [1.54, 1.807) is 7.11 Å². The number of benzene rings is 1. The molecule has 0 saturated heterocycles. The topological polar surface area (TPSA) is 47.7 Å². The average molecular weight is 282 g/mol. The fourth-order valence-corrected chi connectivity index (χ4v) is 1.75. The molecule has 1 rings (SSSR count). The van der Waals surface area contributed by atoms with Crippen LogP contribution in [0.5, 0.6) is 5.75 Å². The number of ether oxygens (including phenoxy) is 2. The van der Waals surface area contributed by atoms with Crippen LogP contribution in [0.15, 0.2) is 24.3 Å². The van der Waals surface area contributed by atoms with Crippen LogP contribution in [0.25, 0.3) is 0 Å². The van der Waals surface area contributed by atoms with Crippen LogP contribution in [0.3, 0.4) is 0 Å². The maximum atomic E-state index is 5.67. The zero-order valence-corrected chi connectivity index (χ0v) is 12.4. The summed E-state index contributed by atoms with van der Waals surface area (Å²) in [6.07, 6.45) is 0.634. The summed E-state index contributed by atoms with van der Waals surface area (Å²) in [4.78, 5) is 2.68. The van der Waals surface area contributed by atoms with Gasteiger partial charge in [-0.1, -0.05) is 24.4 Å². The normalized spacial score (nSPS) is 10.7. The molecule has 0 amide bonds. The van der Waals surface area contributed by atoms with Gasteiger partial charge in [0, 0.05) is 26.6 Å². The highest BCUT2D eigenvalue weighted by Crippen LogP contribution is 2.12. The molecule has 1 aromatic carbocycles. The van der Waals surface area contributed by atoms with Crippen molar-refractivity contribution in [3.05, 3.63) is 29.8 Å². The molecule has 0 saturated carbocycles. The van der Waals surface area contributed by atoms with Crippen molar-refractivity contribution in [2.75, 3.05) is 40.5 Å². The van der Waals surface area contributed by atoms with Gasteiger partial charge in [-0.2, -0.15) is 0 Å². The van der Waals surface area contributed by atoms with Crippen molar-refractivity contribution >= 4 is 17.2 Å². The maximum Gasteiger partial charge on any atom is 0.119 e. The van der Waals surface area contributed by atoms with E-state index in [1.807, 2.05) is 31.3 Å². The largest absolute Gasteiger partial charge is 0.492 e. The first kappa shape index (κ1) is 15.9. The number of hydrogen-bond acceptors (Lipinski definition) is 4. The molecule has 5 heteroatoms. The third kappa shape index (κ3) is 7.10. The van der Waals surface area contributed by atoms with Gasteiger partial charge in [-0.25, -0.2) is 0 Å². The van der Waals surface area contributed by atoms with E-state index in [-0.39, 0.29) is 0 Å². The van der Waals surface area contributed by atoms with Crippen molar-refractivity contribution in [2.24, 2.45) is 5.73 Å². The first-order valence-corrected chi connectivity index (χ1v) is 6.70. The Morgan fingerprint density at radius 2 is 1.84 bits per heavy atom. The molecule has 0 aromatic heterocycles. The van der Waals surface area contributed by atoms with Gasteiger partial charge in [0.1, 0.15) is 12.4 Å². The van der Waals surface area contributed by atoms with Crippen LogP contribution in [-0.4, -0.2) is 50.3 Å². The number of rotatable bonds is 9. The minimum atomic E-state index is 0.508. The lowest BCUT2D eigenvalue weighted by molar-refractivity contribution is 0.150. The van der Waals surface area contributed by atoms with E-state index in [4.69, 9.17) is 27.4 Å². The monoisotopic (exact) mass is 282 g/mol. The zero-order valence-electron chi connectivity index (χ0n) is 11.6. The Labute approximate surface area is 120 Å². The molecule has 0 unspecified atom stereocenters. The fourth-order valence-electron chi connectivity index (χ4n) is 1.58. The maximum absolute atomic E-state index is 5.67. The molecule has 0 fully saturated rings. The van der Waals surface area contributed by atoms with Crippen molar-refractivity contribution in [1.82, 2.24) is 4.90 Å². The first-order chi connectivity index (χ1) is 9.11. The van der Waals surface area contributed by atoms with Gasteiger partial charge in [-0.05, 0) is 24.7 Å². The number of likely N-dealkylation sites (N-methyl/N-ethyl adjacent to an activating group) is 1. The highest BCUT2D eigenvalue weighted by Gasteiger charge is 2.00. The van der Waals surface area contributed by atoms with Gasteiger partial charge in [-0.15, -0.1) is 0 Å². The third-order valence-electron chi connectivity index (χ3n) is 2.72. The van der Waals surface area contributed by atoms with Gasteiger partial charge in [0.25, 0.3) is 0 Å². The third-order valence-corrected chi connectivity index (χ3v) is 2.86. The van der Waals surface area contributed by atoms with E-state index in [0.717, 1.165) is 31.0 Å². The van der Waals surface area contributed by atoms with Crippen molar-refractivity contribution in [2.45, 2.75) is 6.42 Å². The SMILES string of the molecule is COCCN(C)CCOc1ccc(CC(N)=S)cc1. The molecule has 4 nitrogen and oxygen atoms in total. The van der Waals surface area contributed by atoms with E-state index < -0.39 is 0 Å². The molecule has 106 valence electrons. The molecule has 19 heavy (non-hydrogen) atoms. The van der Waals surface area contributed by atoms with Crippen molar-refractivity contribution in [3.63, 3.8) is 0 Å². The Morgan fingerprint density at radius 1 is 1.21 bits per heavy atom. The number of nitrogens with two attached hydrogens (primary N) is 1. The highest BCUT2D eigenvalue weighted by atomic mass is 32.1. The Morgan fingerprint density at radius 3 is 2.42 bits per heavy atom. The van der Waals surface area contributed by atoms with Crippen LogP contribution in [-0.2, 0) is 11.2 Å². The molecular formula is C14H22N2O2S. The molecule has 1 aromatic rings. The zero-order chi connectivity index (χ0) is 14.1. The standard InChI is InChI=1S/C14H22N2O2S/c1-16(7-9-17-2)8-10-18-13-5-3-12(4-6-13)11-14(15)19/h3-6H,7-11H2,1-2H3,(H2,15,19). The van der Waals surface area contributed by atoms with Crippen LogP contribution < -0.4 is 10.5 Å².